The smallest absolute Gasteiger partial charge is 0.409 e. The molecule has 66 heavy (non-hydrogen) atoms. The molecule has 2 saturated heterocycles. The lowest BCUT2D eigenvalue weighted by molar-refractivity contribution is -0.280. The molecule has 370 valence electrons. The minimum atomic E-state index is -1.87. The Bertz CT molecular complexity index is 1880. The number of nitrogens with zero attached hydrogens (tertiary/aromatic N) is 3. The number of allylic oxidation sites excluding steroid dienone is 3. The number of hydrogen-bond donors (Lipinski definition) is 2. The van der Waals surface area contributed by atoms with Crippen molar-refractivity contribution in [1.82, 2.24) is 15.1 Å². The Morgan fingerprint density at radius 3 is 2.24 bits per heavy atom. The fourth-order valence-electron chi connectivity index (χ4n) is 7.75. The van der Waals surface area contributed by atoms with E-state index in [-0.39, 0.29) is 55.4 Å². The van der Waals surface area contributed by atoms with Gasteiger partial charge in [0, 0.05) is 67.6 Å². The number of benzene rings is 1. The monoisotopic (exact) mass is 952 g/mol. The molecule has 1 aromatic carbocycles. The molecule has 4 heterocycles. The molecular weight excluding hydrogens is 884 g/mol. The van der Waals surface area contributed by atoms with E-state index in [1.54, 1.807) is 52.4 Å². The molecule has 4 aliphatic heterocycles. The first kappa shape index (κ1) is 54.3. The first-order valence-electron chi connectivity index (χ1n) is 22.2. The first-order chi connectivity index (χ1) is 31.4. The van der Waals surface area contributed by atoms with Crippen molar-refractivity contribution in [3.8, 4) is 5.75 Å². The van der Waals surface area contributed by atoms with Crippen LogP contribution in [-0.2, 0) is 63.5 Å². The highest BCUT2D eigenvalue weighted by Crippen LogP contribution is 2.44. The number of carbonyl (C=O) groups is 5. The number of likely N-dealkylation sites (N-methyl/N-ethyl adjacent to an activating group) is 2. The van der Waals surface area contributed by atoms with Crippen LogP contribution in [0.5, 0.6) is 5.75 Å². The van der Waals surface area contributed by atoms with Gasteiger partial charge in [0.25, 0.3) is 0 Å². The lowest BCUT2D eigenvalue weighted by Gasteiger charge is -2.53. The largest absolute Gasteiger partial charge is 0.495 e. The summed E-state index contributed by atoms with van der Waals surface area (Å²) in [4.78, 5) is 71.2. The Labute approximate surface area is 392 Å². The Hall–Kier alpha value is -4.34. The average molecular weight is 954 g/mol. The summed E-state index contributed by atoms with van der Waals surface area (Å²) in [5, 5.41) is 14.4. The third-order valence-electron chi connectivity index (χ3n) is 12.0. The van der Waals surface area contributed by atoms with Crippen molar-refractivity contribution in [1.29, 1.82) is 0 Å². The molecule has 2 N–H and O–H groups in total. The SMILES string of the molecule is COCCOCCOCCOCCN(C)C(=O)CCCC(=O)N(C)[C@@H](C)C(=O)O[C@H]1CC(=O)N(C)c2cc(cc(OC)c2Cl)C/C(C)=C\C=C\[C@@H](OC)[C@@]2(O)C[C@H](OC(=O)N2)C2C[C@@]1(C)O2. The molecule has 4 aliphatic rings. The normalized spacial score (nSPS) is 26.2. The number of halogens is 1. The van der Waals surface area contributed by atoms with Crippen molar-refractivity contribution < 1.29 is 71.7 Å². The Balaban J connectivity index is 1.42. The summed E-state index contributed by atoms with van der Waals surface area (Å²) in [6.45, 7) is 8.47. The van der Waals surface area contributed by atoms with Gasteiger partial charge >= 0.3 is 12.1 Å². The summed E-state index contributed by atoms with van der Waals surface area (Å²) >= 11 is 6.78. The van der Waals surface area contributed by atoms with Gasteiger partial charge in [0.2, 0.25) is 17.7 Å². The van der Waals surface area contributed by atoms with Crippen molar-refractivity contribution in [3.63, 3.8) is 0 Å². The Morgan fingerprint density at radius 1 is 0.970 bits per heavy atom. The maximum Gasteiger partial charge on any atom is 0.409 e. The second-order valence-corrected chi connectivity index (χ2v) is 17.4. The fourth-order valence-corrected chi connectivity index (χ4v) is 8.06. The number of esters is 1. The molecule has 2 fully saturated rings. The van der Waals surface area contributed by atoms with Crippen LogP contribution in [0.3, 0.4) is 0 Å². The van der Waals surface area contributed by atoms with E-state index in [0.717, 1.165) is 11.1 Å². The zero-order chi connectivity index (χ0) is 48.6. The maximum atomic E-state index is 14.2. The number of alkyl carbamates (subject to hydrolysis) is 1. The van der Waals surface area contributed by atoms with Crippen molar-refractivity contribution in [2.24, 2.45) is 0 Å². The van der Waals surface area contributed by atoms with Gasteiger partial charge in [-0.05, 0) is 51.3 Å². The molecule has 0 saturated carbocycles. The van der Waals surface area contributed by atoms with Crippen LogP contribution in [0, 0.1) is 0 Å². The van der Waals surface area contributed by atoms with Gasteiger partial charge in [-0.3, -0.25) is 19.7 Å². The summed E-state index contributed by atoms with van der Waals surface area (Å²) in [6, 6.07) is 2.46. The van der Waals surface area contributed by atoms with Crippen molar-refractivity contribution in [2.75, 3.05) is 100 Å². The standard InChI is InChI=1S/C46H69ClN4O15/c1-30-12-10-13-37(60-9)46(57)29-35(64-44(56)48-46)36-28-45(3,66-36)38(27-41(54)51(6)33-25-32(24-30)26-34(59-8)42(33)47)65-43(55)31(2)50(5)40(53)15-11-14-39(52)49(4)16-17-61-20-21-63-23-22-62-19-18-58-7/h10,12-13,25-26,31,35-38,57H,11,14-24,27-29H2,1-9H3,(H,48,56)/b13-10+,30-12-/t31-,35-,36?,37+,38-,45+,46-/m0/s1. The zero-order valence-corrected chi connectivity index (χ0v) is 40.5. The highest BCUT2D eigenvalue weighted by atomic mass is 35.5. The minimum absolute atomic E-state index is 0.00836. The molecule has 0 radical (unpaired) electrons. The predicted octanol–water partition coefficient (Wildman–Crippen LogP) is 3.59. The van der Waals surface area contributed by atoms with E-state index in [1.165, 1.54) is 42.9 Å². The summed E-state index contributed by atoms with van der Waals surface area (Å²) in [6.07, 6.45) is 0.953. The van der Waals surface area contributed by atoms with Crippen LogP contribution >= 0.6 is 11.6 Å². The van der Waals surface area contributed by atoms with Gasteiger partial charge < -0.3 is 62.4 Å². The maximum absolute atomic E-state index is 14.2. The van der Waals surface area contributed by atoms with Crippen molar-refractivity contribution >= 4 is 47.1 Å². The first-order valence-corrected chi connectivity index (χ1v) is 22.5. The number of ether oxygens (including phenoxy) is 9. The van der Waals surface area contributed by atoms with Crippen molar-refractivity contribution in [3.05, 3.63) is 46.5 Å². The van der Waals surface area contributed by atoms with Gasteiger partial charge in [-0.25, -0.2) is 9.59 Å². The van der Waals surface area contributed by atoms with E-state index < -0.39 is 59.8 Å². The van der Waals surface area contributed by atoms with Crippen LogP contribution in [0.2, 0.25) is 5.02 Å². The Kier molecular flexibility index (Phi) is 21.1. The van der Waals surface area contributed by atoms with Crippen LogP contribution in [0.15, 0.2) is 35.9 Å². The van der Waals surface area contributed by atoms with Crippen LogP contribution in [0.4, 0.5) is 10.5 Å². The molecule has 1 unspecified atom stereocenters. The molecular formula is C46H69ClN4O15. The van der Waals surface area contributed by atoms with E-state index in [2.05, 4.69) is 5.32 Å². The van der Waals surface area contributed by atoms with Crippen LogP contribution in [0.1, 0.15) is 64.9 Å². The van der Waals surface area contributed by atoms with Crippen LogP contribution in [0.25, 0.3) is 0 Å². The number of rotatable bonds is 21. The second-order valence-electron chi connectivity index (χ2n) is 17.0. The molecule has 1 aromatic rings. The van der Waals surface area contributed by atoms with Gasteiger partial charge in [0.1, 0.15) is 40.7 Å². The number of amides is 4. The average Bonchev–Trinajstić information content (AvgIpc) is 3.26. The number of methoxy groups -OCH3 is 3. The third kappa shape index (κ3) is 15.1. The molecule has 5 rings (SSSR count). The fraction of sp³-hybridized carbons (Fsp3) is 0.674. The summed E-state index contributed by atoms with van der Waals surface area (Å²) < 4.78 is 50.5. The topological polar surface area (TPSA) is 210 Å². The van der Waals surface area contributed by atoms with E-state index >= 15 is 0 Å². The summed E-state index contributed by atoms with van der Waals surface area (Å²) in [7, 11) is 9.18. The Morgan fingerprint density at radius 2 is 1.61 bits per heavy atom. The van der Waals surface area contributed by atoms with E-state index in [1.807, 2.05) is 13.0 Å². The van der Waals surface area contributed by atoms with E-state index in [0.29, 0.717) is 70.7 Å². The van der Waals surface area contributed by atoms with Crippen molar-refractivity contribution in [2.45, 2.75) is 108 Å². The molecule has 20 heteroatoms. The predicted molar refractivity (Wildman–Crippen MR) is 242 cm³/mol. The number of fused-ring (bicyclic) bond motifs is 6. The summed E-state index contributed by atoms with van der Waals surface area (Å²) in [5.41, 5.74) is -1.08. The number of nitrogens with one attached hydrogen (secondary N) is 1. The third-order valence-corrected chi connectivity index (χ3v) is 12.4. The lowest BCUT2D eigenvalue weighted by atomic mass is 9.79. The molecule has 19 nitrogen and oxygen atoms in total. The van der Waals surface area contributed by atoms with Gasteiger partial charge in [0.05, 0.1) is 71.6 Å². The van der Waals surface area contributed by atoms with Crippen LogP contribution < -0.4 is 15.0 Å². The highest BCUT2D eigenvalue weighted by molar-refractivity contribution is 6.35. The molecule has 0 spiro atoms. The van der Waals surface area contributed by atoms with Gasteiger partial charge in [0.15, 0.2) is 5.72 Å². The summed E-state index contributed by atoms with van der Waals surface area (Å²) in [5.74, 6) is -1.46. The van der Waals surface area contributed by atoms with Gasteiger partial charge in [-0.2, -0.15) is 0 Å². The number of anilines is 1. The molecule has 4 amide bonds. The number of aliphatic hydroxyl groups is 1. The molecule has 0 aliphatic carbocycles. The van der Waals surface area contributed by atoms with E-state index in [9.17, 15) is 29.1 Å². The minimum Gasteiger partial charge on any atom is -0.495 e. The van der Waals surface area contributed by atoms with Gasteiger partial charge in [-0.1, -0.05) is 35.4 Å². The molecule has 7 atom stereocenters. The lowest BCUT2D eigenvalue weighted by Crippen LogP contribution is -2.68. The van der Waals surface area contributed by atoms with Crippen LogP contribution in [-0.4, -0.2) is 182 Å². The molecule has 0 aromatic heterocycles. The zero-order valence-electron chi connectivity index (χ0n) is 39.8. The van der Waals surface area contributed by atoms with Gasteiger partial charge in [-0.15, -0.1) is 0 Å². The quantitative estimate of drug-likeness (QED) is 0.133. The highest BCUT2D eigenvalue weighted by Gasteiger charge is 2.57. The second kappa shape index (κ2) is 25.7. The molecule has 6 bridgehead atoms. The number of hydrogen-bond acceptors (Lipinski definition) is 15. The number of carbonyl (C=O) groups excluding carboxylic acids is 5. The van der Waals surface area contributed by atoms with E-state index in [4.69, 9.17) is 54.2 Å².